The summed E-state index contributed by atoms with van der Waals surface area (Å²) in [5, 5.41) is 32.8. The molecule has 0 bridgehead atoms. The van der Waals surface area contributed by atoms with Crippen molar-refractivity contribution in [1.29, 1.82) is 0 Å². The summed E-state index contributed by atoms with van der Waals surface area (Å²) in [7, 11) is 0. The smallest absolute Gasteiger partial charge is 0.249 e. The van der Waals surface area contributed by atoms with Gasteiger partial charge in [0.25, 0.3) is 0 Å². The molecule has 0 aromatic carbocycles. The van der Waals surface area contributed by atoms with Crippen LogP contribution < -0.4 is 5.32 Å². The fraction of sp³-hybridized carbons (Fsp3) is 0.853. The Kier molecular flexibility index (Phi) is 28.9. The second-order valence-electron chi connectivity index (χ2n) is 11.4. The van der Waals surface area contributed by atoms with E-state index in [1.54, 1.807) is 6.08 Å². The average Bonchev–Trinajstić information content (AvgIpc) is 2.94. The maximum atomic E-state index is 12.3. The number of nitrogens with one attached hydrogen (secondary N) is 1. The van der Waals surface area contributed by atoms with Crippen molar-refractivity contribution in [2.75, 3.05) is 6.61 Å². The molecule has 0 rings (SSSR count). The Morgan fingerprint density at radius 2 is 1.03 bits per heavy atom. The molecule has 0 saturated heterocycles. The van der Waals surface area contributed by atoms with Crippen molar-refractivity contribution in [3.63, 3.8) is 0 Å². The molecule has 0 fully saturated rings. The second-order valence-corrected chi connectivity index (χ2v) is 11.4. The Bertz CT molecular complexity index is 578. The molecule has 5 heteroatoms. The molecule has 3 unspecified atom stereocenters. The van der Waals surface area contributed by atoms with Crippen molar-refractivity contribution in [3.8, 4) is 0 Å². The molecular weight excluding hydrogens is 486 g/mol. The number of aliphatic hydroxyl groups excluding tert-OH is 3. The standard InChI is InChI=1S/C34H65NO4/c1-3-5-7-9-11-13-15-16-17-18-19-21-23-25-27-29-33(38)34(39)35-31(30-36)32(37)28-26-24-22-20-14-12-10-8-6-4-2/h17-18,26,28,31-33,36-38H,3-16,19-25,27,29-30H2,1-2H3,(H,35,39)/b18-17-,28-26+. The van der Waals surface area contributed by atoms with E-state index in [4.69, 9.17) is 0 Å². The van der Waals surface area contributed by atoms with E-state index in [1.807, 2.05) is 6.08 Å². The number of amides is 1. The van der Waals surface area contributed by atoms with Gasteiger partial charge in [-0.1, -0.05) is 141 Å². The van der Waals surface area contributed by atoms with E-state index in [0.29, 0.717) is 6.42 Å². The fourth-order valence-corrected chi connectivity index (χ4v) is 4.82. The SMILES string of the molecule is CCCCCCCCC/C=C\CCCCCCC(O)C(=O)NC(CO)C(O)/C=C/CCCCCCCCCC. The lowest BCUT2D eigenvalue weighted by atomic mass is 10.1. The highest BCUT2D eigenvalue weighted by molar-refractivity contribution is 5.80. The quantitative estimate of drug-likeness (QED) is 0.0556. The van der Waals surface area contributed by atoms with Crippen LogP contribution in [0.4, 0.5) is 0 Å². The number of unbranched alkanes of at least 4 members (excludes halogenated alkanes) is 19. The fourth-order valence-electron chi connectivity index (χ4n) is 4.82. The van der Waals surface area contributed by atoms with Crippen LogP contribution in [0.15, 0.2) is 24.3 Å². The molecule has 0 radical (unpaired) electrons. The molecule has 0 heterocycles. The van der Waals surface area contributed by atoms with Crippen LogP contribution in [0.2, 0.25) is 0 Å². The lowest BCUT2D eigenvalue weighted by Crippen LogP contribution is -2.48. The van der Waals surface area contributed by atoms with Crippen LogP contribution in [0.1, 0.15) is 162 Å². The molecule has 1 amide bonds. The zero-order valence-electron chi connectivity index (χ0n) is 25.8. The predicted molar refractivity (Wildman–Crippen MR) is 167 cm³/mol. The monoisotopic (exact) mass is 551 g/mol. The third kappa shape index (κ3) is 25.5. The third-order valence-corrected chi connectivity index (χ3v) is 7.54. The molecular formula is C34H65NO4. The zero-order chi connectivity index (χ0) is 28.8. The number of aliphatic hydroxyl groups is 3. The van der Waals surface area contributed by atoms with Crippen molar-refractivity contribution in [1.82, 2.24) is 5.32 Å². The summed E-state index contributed by atoms with van der Waals surface area (Å²) in [6, 6.07) is -0.796. The van der Waals surface area contributed by atoms with Gasteiger partial charge in [-0.25, -0.2) is 0 Å². The lowest BCUT2D eigenvalue weighted by molar-refractivity contribution is -0.131. The molecule has 230 valence electrons. The molecule has 0 aromatic heterocycles. The van der Waals surface area contributed by atoms with Crippen molar-refractivity contribution in [3.05, 3.63) is 24.3 Å². The third-order valence-electron chi connectivity index (χ3n) is 7.54. The van der Waals surface area contributed by atoms with E-state index in [1.165, 1.54) is 96.3 Å². The van der Waals surface area contributed by atoms with Gasteiger partial charge in [-0.05, 0) is 44.9 Å². The van der Waals surface area contributed by atoms with Gasteiger partial charge >= 0.3 is 0 Å². The number of rotatable bonds is 29. The van der Waals surface area contributed by atoms with Crippen molar-refractivity contribution >= 4 is 5.91 Å². The topological polar surface area (TPSA) is 89.8 Å². The summed E-state index contributed by atoms with van der Waals surface area (Å²) in [5.41, 5.74) is 0. The van der Waals surface area contributed by atoms with E-state index in [9.17, 15) is 20.1 Å². The van der Waals surface area contributed by atoms with Gasteiger partial charge in [0.2, 0.25) is 5.91 Å². The highest BCUT2D eigenvalue weighted by Crippen LogP contribution is 2.12. The minimum Gasteiger partial charge on any atom is -0.394 e. The molecule has 0 aliphatic rings. The predicted octanol–water partition coefficient (Wildman–Crippen LogP) is 8.31. The van der Waals surface area contributed by atoms with Crippen molar-refractivity contribution in [2.45, 2.75) is 180 Å². The van der Waals surface area contributed by atoms with E-state index in [2.05, 4.69) is 31.3 Å². The molecule has 0 spiro atoms. The molecule has 0 aliphatic heterocycles. The van der Waals surface area contributed by atoms with Crippen LogP contribution in [-0.4, -0.2) is 46.1 Å². The minimum absolute atomic E-state index is 0.367. The van der Waals surface area contributed by atoms with Gasteiger partial charge in [0, 0.05) is 0 Å². The number of allylic oxidation sites excluding steroid dienone is 3. The Morgan fingerprint density at radius 1 is 0.615 bits per heavy atom. The number of carbonyl (C=O) groups excluding carboxylic acids is 1. The first-order valence-corrected chi connectivity index (χ1v) is 16.7. The van der Waals surface area contributed by atoms with Crippen LogP contribution in [0.5, 0.6) is 0 Å². The van der Waals surface area contributed by atoms with Gasteiger partial charge in [-0.2, -0.15) is 0 Å². The first kappa shape index (κ1) is 37.8. The Labute approximate surface area is 241 Å². The van der Waals surface area contributed by atoms with Crippen LogP contribution in [0, 0.1) is 0 Å². The maximum Gasteiger partial charge on any atom is 0.249 e. The van der Waals surface area contributed by atoms with Crippen LogP contribution >= 0.6 is 0 Å². The first-order valence-electron chi connectivity index (χ1n) is 16.7. The molecule has 3 atom stereocenters. The van der Waals surface area contributed by atoms with Crippen molar-refractivity contribution < 1.29 is 20.1 Å². The number of hydrogen-bond donors (Lipinski definition) is 4. The minimum atomic E-state index is -1.10. The normalized spacial score (nSPS) is 14.3. The lowest BCUT2D eigenvalue weighted by Gasteiger charge is -2.21. The Hall–Kier alpha value is -1.17. The van der Waals surface area contributed by atoms with E-state index in [-0.39, 0.29) is 6.61 Å². The van der Waals surface area contributed by atoms with E-state index in [0.717, 1.165) is 44.9 Å². The first-order chi connectivity index (χ1) is 19.1. The van der Waals surface area contributed by atoms with Gasteiger partial charge in [0.1, 0.15) is 6.10 Å². The highest BCUT2D eigenvalue weighted by atomic mass is 16.3. The van der Waals surface area contributed by atoms with Gasteiger partial charge in [-0.15, -0.1) is 0 Å². The summed E-state index contributed by atoms with van der Waals surface area (Å²) in [6.45, 7) is 4.12. The summed E-state index contributed by atoms with van der Waals surface area (Å²) in [6.07, 6.45) is 33.3. The summed E-state index contributed by atoms with van der Waals surface area (Å²) in [5.74, 6) is -0.516. The highest BCUT2D eigenvalue weighted by Gasteiger charge is 2.22. The van der Waals surface area contributed by atoms with Gasteiger partial charge < -0.3 is 20.6 Å². The van der Waals surface area contributed by atoms with E-state index >= 15 is 0 Å². The Balaban J connectivity index is 3.80. The Morgan fingerprint density at radius 3 is 1.49 bits per heavy atom. The maximum absolute atomic E-state index is 12.3. The van der Waals surface area contributed by atoms with E-state index < -0.39 is 24.2 Å². The largest absolute Gasteiger partial charge is 0.394 e. The zero-order valence-corrected chi connectivity index (χ0v) is 25.8. The molecule has 0 aromatic rings. The molecule has 0 aliphatic carbocycles. The molecule has 0 saturated carbocycles. The number of hydrogen-bond acceptors (Lipinski definition) is 4. The van der Waals surface area contributed by atoms with Crippen LogP contribution in [0.25, 0.3) is 0 Å². The molecule has 39 heavy (non-hydrogen) atoms. The van der Waals surface area contributed by atoms with Crippen LogP contribution in [-0.2, 0) is 4.79 Å². The average molecular weight is 552 g/mol. The second kappa shape index (κ2) is 29.8. The number of carbonyl (C=O) groups is 1. The molecule has 5 nitrogen and oxygen atoms in total. The van der Waals surface area contributed by atoms with Crippen LogP contribution in [0.3, 0.4) is 0 Å². The van der Waals surface area contributed by atoms with Gasteiger partial charge in [-0.3, -0.25) is 4.79 Å². The summed E-state index contributed by atoms with van der Waals surface area (Å²) < 4.78 is 0. The summed E-state index contributed by atoms with van der Waals surface area (Å²) >= 11 is 0. The molecule has 4 N–H and O–H groups in total. The van der Waals surface area contributed by atoms with Gasteiger partial charge in [0.15, 0.2) is 0 Å². The summed E-state index contributed by atoms with van der Waals surface area (Å²) in [4.78, 5) is 12.3. The van der Waals surface area contributed by atoms with Crippen molar-refractivity contribution in [2.24, 2.45) is 0 Å². The van der Waals surface area contributed by atoms with Gasteiger partial charge in [0.05, 0.1) is 18.8 Å².